The summed E-state index contributed by atoms with van der Waals surface area (Å²) < 4.78 is 10.6. The predicted molar refractivity (Wildman–Crippen MR) is 81.8 cm³/mol. The van der Waals surface area contributed by atoms with E-state index in [-0.39, 0.29) is 12.7 Å². The fourth-order valence-electron chi connectivity index (χ4n) is 2.20. The van der Waals surface area contributed by atoms with Crippen LogP contribution >= 0.6 is 11.3 Å². The van der Waals surface area contributed by atoms with E-state index in [9.17, 15) is 4.79 Å². The zero-order valence-corrected chi connectivity index (χ0v) is 12.8. The van der Waals surface area contributed by atoms with Gasteiger partial charge in [0.15, 0.2) is 11.5 Å². The molecule has 1 N–H and O–H groups in total. The molecule has 1 amide bonds. The van der Waals surface area contributed by atoms with E-state index in [0.29, 0.717) is 6.54 Å². The molecule has 3 rings (SSSR count). The van der Waals surface area contributed by atoms with Gasteiger partial charge in [-0.15, -0.1) is 11.3 Å². The Kier molecular flexibility index (Phi) is 3.59. The third-order valence-electron chi connectivity index (χ3n) is 3.59. The topological polar surface area (TPSA) is 47.6 Å². The number of fused-ring (bicyclic) bond motifs is 1. The van der Waals surface area contributed by atoms with Crippen LogP contribution in [-0.4, -0.2) is 12.7 Å². The average Bonchev–Trinajstić information content (AvgIpc) is 3.14. The van der Waals surface area contributed by atoms with Gasteiger partial charge in [-0.2, -0.15) is 0 Å². The number of hydrogen-bond donors (Lipinski definition) is 1. The molecule has 0 saturated carbocycles. The van der Waals surface area contributed by atoms with Crippen molar-refractivity contribution in [1.82, 2.24) is 5.32 Å². The number of hydrogen-bond acceptors (Lipinski definition) is 4. The van der Waals surface area contributed by atoms with Crippen LogP contribution in [0.1, 0.15) is 24.3 Å². The monoisotopic (exact) mass is 303 g/mol. The number of amides is 1. The highest BCUT2D eigenvalue weighted by atomic mass is 32.1. The zero-order chi connectivity index (χ0) is 14.9. The Morgan fingerprint density at radius 1 is 1.29 bits per heavy atom. The zero-order valence-electron chi connectivity index (χ0n) is 12.0. The smallest absolute Gasteiger partial charge is 0.231 e. The lowest BCUT2D eigenvalue weighted by molar-refractivity contribution is -0.125. The lowest BCUT2D eigenvalue weighted by Crippen LogP contribution is -2.39. The van der Waals surface area contributed by atoms with Gasteiger partial charge in [0.05, 0.1) is 5.41 Å². The molecule has 0 fully saturated rings. The largest absolute Gasteiger partial charge is 0.454 e. The summed E-state index contributed by atoms with van der Waals surface area (Å²) in [4.78, 5) is 13.5. The molecule has 5 heteroatoms. The van der Waals surface area contributed by atoms with E-state index in [4.69, 9.17) is 9.47 Å². The Bertz CT molecular complexity index is 650. The summed E-state index contributed by atoms with van der Waals surface area (Å²) in [6.07, 6.45) is 0. The second kappa shape index (κ2) is 5.41. The van der Waals surface area contributed by atoms with Crippen molar-refractivity contribution in [3.63, 3.8) is 0 Å². The third kappa shape index (κ3) is 2.74. The van der Waals surface area contributed by atoms with Gasteiger partial charge in [-0.3, -0.25) is 4.79 Å². The quantitative estimate of drug-likeness (QED) is 0.944. The third-order valence-corrected chi connectivity index (χ3v) is 4.79. The van der Waals surface area contributed by atoms with Crippen molar-refractivity contribution in [2.75, 3.05) is 6.79 Å². The Hall–Kier alpha value is -2.01. The first-order valence-electron chi connectivity index (χ1n) is 6.78. The van der Waals surface area contributed by atoms with Crippen molar-refractivity contribution >= 4 is 17.2 Å². The van der Waals surface area contributed by atoms with Gasteiger partial charge in [0.2, 0.25) is 12.7 Å². The normalized spacial score (nSPS) is 13.2. The van der Waals surface area contributed by atoms with Gasteiger partial charge in [-0.1, -0.05) is 12.1 Å². The fraction of sp³-hybridized carbons (Fsp3) is 0.312. The van der Waals surface area contributed by atoms with E-state index in [1.807, 2.05) is 49.6 Å². The summed E-state index contributed by atoms with van der Waals surface area (Å²) in [6.45, 7) is 4.61. The van der Waals surface area contributed by atoms with Crippen LogP contribution in [0, 0.1) is 0 Å². The molecule has 1 aliphatic rings. The molecule has 0 radical (unpaired) electrons. The molecule has 1 aliphatic heterocycles. The average molecular weight is 303 g/mol. The molecule has 1 aromatic heterocycles. The van der Waals surface area contributed by atoms with Crippen molar-refractivity contribution in [2.24, 2.45) is 0 Å². The summed E-state index contributed by atoms with van der Waals surface area (Å²) >= 11 is 1.60. The van der Waals surface area contributed by atoms with Gasteiger partial charge < -0.3 is 14.8 Å². The first kappa shape index (κ1) is 13.9. The van der Waals surface area contributed by atoms with Gasteiger partial charge in [-0.25, -0.2) is 0 Å². The van der Waals surface area contributed by atoms with Crippen LogP contribution in [0.5, 0.6) is 11.5 Å². The van der Waals surface area contributed by atoms with Crippen LogP contribution in [0.15, 0.2) is 35.7 Å². The van der Waals surface area contributed by atoms with Gasteiger partial charge in [0.1, 0.15) is 0 Å². The van der Waals surface area contributed by atoms with Gasteiger partial charge in [0, 0.05) is 11.4 Å². The van der Waals surface area contributed by atoms with Crippen LogP contribution in [0.4, 0.5) is 0 Å². The van der Waals surface area contributed by atoms with E-state index in [1.54, 1.807) is 11.3 Å². The first-order valence-corrected chi connectivity index (χ1v) is 7.66. The lowest BCUT2D eigenvalue weighted by Gasteiger charge is -2.22. The standard InChI is InChI=1S/C16H17NO3S/c1-16(2,14-4-3-7-21-14)15(18)17-9-11-5-6-12-13(8-11)20-10-19-12/h3-8H,9-10H2,1-2H3,(H,17,18). The van der Waals surface area contributed by atoms with Crippen molar-refractivity contribution in [3.05, 3.63) is 46.2 Å². The number of carbonyl (C=O) groups is 1. The number of nitrogens with one attached hydrogen (secondary N) is 1. The van der Waals surface area contributed by atoms with Crippen molar-refractivity contribution < 1.29 is 14.3 Å². The fourth-order valence-corrected chi connectivity index (χ4v) is 3.05. The molecule has 0 saturated heterocycles. The molecule has 0 unspecified atom stereocenters. The molecule has 0 atom stereocenters. The Balaban J connectivity index is 1.66. The van der Waals surface area contributed by atoms with Crippen LogP contribution in [0.2, 0.25) is 0 Å². The minimum absolute atomic E-state index is 0.0163. The van der Waals surface area contributed by atoms with E-state index >= 15 is 0 Å². The maximum Gasteiger partial charge on any atom is 0.231 e. The number of carbonyl (C=O) groups excluding carboxylic acids is 1. The molecular weight excluding hydrogens is 286 g/mol. The number of rotatable bonds is 4. The maximum absolute atomic E-state index is 12.4. The van der Waals surface area contributed by atoms with Gasteiger partial charge >= 0.3 is 0 Å². The summed E-state index contributed by atoms with van der Waals surface area (Å²) in [5.74, 6) is 1.51. The molecule has 0 spiro atoms. The van der Waals surface area contributed by atoms with Crippen molar-refractivity contribution in [3.8, 4) is 11.5 Å². The summed E-state index contributed by atoms with van der Waals surface area (Å²) in [5.41, 5.74) is 0.472. The molecule has 4 nitrogen and oxygen atoms in total. The molecule has 2 heterocycles. The van der Waals surface area contributed by atoms with Crippen molar-refractivity contribution in [2.45, 2.75) is 25.8 Å². The van der Waals surface area contributed by atoms with Crippen LogP contribution in [-0.2, 0) is 16.8 Å². The molecule has 0 bridgehead atoms. The Morgan fingerprint density at radius 2 is 2.10 bits per heavy atom. The van der Waals surface area contributed by atoms with E-state index in [0.717, 1.165) is 21.9 Å². The Morgan fingerprint density at radius 3 is 2.86 bits per heavy atom. The van der Waals surface area contributed by atoms with E-state index in [1.165, 1.54) is 0 Å². The summed E-state index contributed by atoms with van der Waals surface area (Å²) in [7, 11) is 0. The highest BCUT2D eigenvalue weighted by molar-refractivity contribution is 7.10. The van der Waals surface area contributed by atoms with Gasteiger partial charge in [0.25, 0.3) is 0 Å². The van der Waals surface area contributed by atoms with E-state index < -0.39 is 5.41 Å². The SMILES string of the molecule is CC(C)(C(=O)NCc1ccc2c(c1)OCO2)c1cccs1. The summed E-state index contributed by atoms with van der Waals surface area (Å²) in [5, 5.41) is 4.98. The molecule has 110 valence electrons. The minimum atomic E-state index is -0.523. The van der Waals surface area contributed by atoms with Crippen LogP contribution in [0.25, 0.3) is 0 Å². The lowest BCUT2D eigenvalue weighted by atomic mass is 9.90. The number of benzene rings is 1. The van der Waals surface area contributed by atoms with Gasteiger partial charge in [-0.05, 0) is 43.0 Å². The molecule has 1 aromatic carbocycles. The number of thiophene rings is 1. The first-order chi connectivity index (χ1) is 10.1. The number of ether oxygens (including phenoxy) is 2. The van der Waals surface area contributed by atoms with Crippen molar-refractivity contribution in [1.29, 1.82) is 0 Å². The summed E-state index contributed by atoms with van der Waals surface area (Å²) in [6, 6.07) is 9.67. The second-order valence-corrected chi connectivity index (χ2v) is 6.42. The molecule has 21 heavy (non-hydrogen) atoms. The Labute approximate surface area is 127 Å². The highest BCUT2D eigenvalue weighted by Gasteiger charge is 2.30. The second-order valence-electron chi connectivity index (χ2n) is 5.47. The molecular formula is C16H17NO3S. The minimum Gasteiger partial charge on any atom is -0.454 e. The maximum atomic E-state index is 12.4. The van der Waals surface area contributed by atoms with Crippen LogP contribution in [0.3, 0.4) is 0 Å². The van der Waals surface area contributed by atoms with E-state index in [2.05, 4.69) is 5.32 Å². The molecule has 0 aliphatic carbocycles. The predicted octanol–water partition coefficient (Wildman–Crippen LogP) is 3.07. The molecule has 2 aromatic rings. The highest BCUT2D eigenvalue weighted by Crippen LogP contribution is 2.32. The van der Waals surface area contributed by atoms with Crippen LogP contribution < -0.4 is 14.8 Å².